The lowest BCUT2D eigenvalue weighted by molar-refractivity contribution is 0.409. The molecule has 1 rings (SSSR count). The zero-order valence-electron chi connectivity index (χ0n) is 9.74. The fraction of sp³-hybridized carbons (Fsp3) is 0.500. The van der Waals surface area contributed by atoms with Crippen LogP contribution >= 0.6 is 11.6 Å². The third kappa shape index (κ3) is 4.19. The zero-order chi connectivity index (χ0) is 11.8. The quantitative estimate of drug-likeness (QED) is 0.561. The minimum Gasteiger partial charge on any atom is -0.493 e. The number of nitrogens with zero attached hydrogens (tertiary/aromatic N) is 2. The molecular formula is C12H17ClN2O. The molecule has 88 valence electrons. The molecule has 0 fully saturated rings. The number of hydrogen-bond acceptors (Lipinski definition) is 3. The first-order valence-electron chi connectivity index (χ1n) is 5.51. The van der Waals surface area contributed by atoms with Crippen molar-refractivity contribution in [2.24, 2.45) is 0 Å². The Kier molecular flexibility index (Phi) is 5.86. The number of ether oxygens (including phenoxy) is 1. The van der Waals surface area contributed by atoms with Crippen LogP contribution in [0.1, 0.15) is 38.3 Å². The highest BCUT2D eigenvalue weighted by molar-refractivity contribution is 6.28. The number of aromatic nitrogens is 2. The van der Waals surface area contributed by atoms with Gasteiger partial charge in [-0.2, -0.15) is 0 Å². The Morgan fingerprint density at radius 1 is 1.44 bits per heavy atom. The molecule has 0 amide bonds. The molecular weight excluding hydrogens is 224 g/mol. The third-order valence-electron chi connectivity index (χ3n) is 2.22. The van der Waals surface area contributed by atoms with Gasteiger partial charge in [-0.1, -0.05) is 25.8 Å². The Labute approximate surface area is 102 Å². The van der Waals surface area contributed by atoms with Gasteiger partial charge in [-0.3, -0.25) is 0 Å². The van der Waals surface area contributed by atoms with Gasteiger partial charge in [-0.25, -0.2) is 9.97 Å². The van der Waals surface area contributed by atoms with E-state index < -0.39 is 0 Å². The first-order valence-corrected chi connectivity index (χ1v) is 5.88. The van der Waals surface area contributed by atoms with E-state index in [9.17, 15) is 0 Å². The van der Waals surface area contributed by atoms with E-state index >= 15 is 0 Å². The molecule has 16 heavy (non-hydrogen) atoms. The second-order valence-electron chi connectivity index (χ2n) is 3.49. The molecule has 0 spiro atoms. The average Bonchev–Trinajstić information content (AvgIpc) is 2.29. The van der Waals surface area contributed by atoms with Crippen molar-refractivity contribution in [3.05, 3.63) is 23.3 Å². The van der Waals surface area contributed by atoms with Crippen molar-refractivity contribution in [2.45, 2.75) is 32.6 Å². The maximum atomic E-state index is 5.72. The molecule has 0 unspecified atom stereocenters. The van der Waals surface area contributed by atoms with Crippen molar-refractivity contribution >= 4 is 17.7 Å². The first-order chi connectivity index (χ1) is 7.77. The van der Waals surface area contributed by atoms with E-state index in [-0.39, 0.29) is 5.28 Å². The van der Waals surface area contributed by atoms with Gasteiger partial charge in [0.25, 0.3) is 0 Å². The van der Waals surface area contributed by atoms with Crippen molar-refractivity contribution < 1.29 is 4.74 Å². The van der Waals surface area contributed by atoms with Crippen LogP contribution in [0.3, 0.4) is 0 Å². The fourth-order valence-electron chi connectivity index (χ4n) is 1.35. The smallest absolute Gasteiger partial charge is 0.223 e. The van der Waals surface area contributed by atoms with Crippen LogP contribution in [0.25, 0.3) is 6.08 Å². The summed E-state index contributed by atoms with van der Waals surface area (Å²) in [6.07, 6.45) is 10.4. The minimum absolute atomic E-state index is 0.244. The Morgan fingerprint density at radius 3 is 2.94 bits per heavy atom. The summed E-state index contributed by atoms with van der Waals surface area (Å²) in [6.45, 7) is 2.19. The van der Waals surface area contributed by atoms with Crippen molar-refractivity contribution in [3.63, 3.8) is 0 Å². The van der Waals surface area contributed by atoms with Gasteiger partial charge in [0, 0.05) is 0 Å². The summed E-state index contributed by atoms with van der Waals surface area (Å²) < 4.78 is 5.14. The van der Waals surface area contributed by atoms with E-state index in [2.05, 4.69) is 23.0 Å². The molecule has 1 aromatic heterocycles. The Bertz CT molecular complexity index is 353. The fourth-order valence-corrected chi connectivity index (χ4v) is 1.49. The van der Waals surface area contributed by atoms with Crippen LogP contribution in [0.4, 0.5) is 0 Å². The first kappa shape index (κ1) is 13.0. The average molecular weight is 241 g/mol. The Balaban J connectivity index is 2.60. The number of allylic oxidation sites excluding steroid dienone is 1. The van der Waals surface area contributed by atoms with Crippen molar-refractivity contribution in [2.75, 3.05) is 7.11 Å². The molecule has 0 atom stereocenters. The Hall–Kier alpha value is -1.09. The van der Waals surface area contributed by atoms with Crippen LogP contribution in [-0.2, 0) is 0 Å². The maximum Gasteiger partial charge on any atom is 0.223 e. The summed E-state index contributed by atoms with van der Waals surface area (Å²) in [5.74, 6) is 0.649. The molecule has 4 heteroatoms. The largest absolute Gasteiger partial charge is 0.493 e. The molecule has 1 aromatic rings. The number of halogens is 1. The van der Waals surface area contributed by atoms with E-state index in [1.165, 1.54) is 19.3 Å². The molecule has 0 aliphatic rings. The van der Waals surface area contributed by atoms with Gasteiger partial charge in [-0.05, 0) is 30.5 Å². The monoisotopic (exact) mass is 240 g/mol. The normalized spacial score (nSPS) is 10.9. The van der Waals surface area contributed by atoms with Gasteiger partial charge in [0.05, 0.1) is 13.3 Å². The molecule has 0 aliphatic carbocycles. The second-order valence-corrected chi connectivity index (χ2v) is 3.83. The number of rotatable bonds is 6. The van der Waals surface area contributed by atoms with Gasteiger partial charge in [0.2, 0.25) is 5.28 Å². The van der Waals surface area contributed by atoms with Gasteiger partial charge < -0.3 is 4.74 Å². The lowest BCUT2D eigenvalue weighted by Crippen LogP contribution is -1.92. The molecule has 0 saturated carbocycles. The highest BCUT2D eigenvalue weighted by atomic mass is 35.5. The molecule has 0 bridgehead atoms. The van der Waals surface area contributed by atoms with E-state index in [0.29, 0.717) is 5.75 Å². The van der Waals surface area contributed by atoms with Crippen molar-refractivity contribution in [3.8, 4) is 5.75 Å². The van der Waals surface area contributed by atoms with Gasteiger partial charge in [0.15, 0.2) is 5.75 Å². The van der Waals surface area contributed by atoms with Gasteiger partial charge >= 0.3 is 0 Å². The summed E-state index contributed by atoms with van der Waals surface area (Å²) in [5, 5.41) is 0.244. The Morgan fingerprint density at radius 2 is 2.25 bits per heavy atom. The summed E-state index contributed by atoms with van der Waals surface area (Å²) in [4.78, 5) is 7.97. The van der Waals surface area contributed by atoms with E-state index in [0.717, 1.165) is 12.1 Å². The highest BCUT2D eigenvalue weighted by Gasteiger charge is 2.02. The lowest BCUT2D eigenvalue weighted by Gasteiger charge is -2.02. The van der Waals surface area contributed by atoms with Gasteiger partial charge in [-0.15, -0.1) is 0 Å². The molecule has 0 radical (unpaired) electrons. The number of methoxy groups -OCH3 is 1. The van der Waals surface area contributed by atoms with Crippen molar-refractivity contribution in [1.29, 1.82) is 0 Å². The predicted octanol–water partition coefficient (Wildman–Crippen LogP) is 3.73. The van der Waals surface area contributed by atoms with Crippen LogP contribution in [-0.4, -0.2) is 17.1 Å². The summed E-state index contributed by atoms with van der Waals surface area (Å²) in [6, 6.07) is 0. The zero-order valence-corrected chi connectivity index (χ0v) is 10.5. The van der Waals surface area contributed by atoms with E-state index in [1.54, 1.807) is 13.3 Å². The highest BCUT2D eigenvalue weighted by Crippen LogP contribution is 2.18. The number of unbranched alkanes of at least 4 members (excludes halogenated alkanes) is 3. The van der Waals surface area contributed by atoms with Crippen LogP contribution in [0.5, 0.6) is 5.75 Å². The standard InChI is InChI=1S/C12H17ClN2O/c1-3-4-5-6-7-8-10-11(16-2)9-14-12(13)15-10/h7-9H,3-6H2,1-2H3/b8-7+. The van der Waals surface area contributed by atoms with E-state index in [4.69, 9.17) is 16.3 Å². The number of hydrogen-bond donors (Lipinski definition) is 0. The molecule has 0 N–H and O–H groups in total. The molecule has 3 nitrogen and oxygen atoms in total. The van der Waals surface area contributed by atoms with Crippen LogP contribution in [0, 0.1) is 0 Å². The molecule has 0 saturated heterocycles. The topological polar surface area (TPSA) is 35.0 Å². The predicted molar refractivity (Wildman–Crippen MR) is 66.8 cm³/mol. The van der Waals surface area contributed by atoms with Crippen LogP contribution < -0.4 is 4.74 Å². The molecule has 1 heterocycles. The summed E-state index contributed by atoms with van der Waals surface area (Å²) >= 11 is 5.72. The molecule has 0 aliphatic heterocycles. The maximum absolute atomic E-state index is 5.72. The second kappa shape index (κ2) is 7.23. The van der Waals surface area contributed by atoms with Crippen LogP contribution in [0.15, 0.2) is 12.3 Å². The van der Waals surface area contributed by atoms with Crippen molar-refractivity contribution in [1.82, 2.24) is 9.97 Å². The summed E-state index contributed by atoms with van der Waals surface area (Å²) in [5.41, 5.74) is 0.735. The van der Waals surface area contributed by atoms with Gasteiger partial charge in [0.1, 0.15) is 5.69 Å². The molecule has 0 aromatic carbocycles. The van der Waals surface area contributed by atoms with E-state index in [1.807, 2.05) is 6.08 Å². The van der Waals surface area contributed by atoms with Crippen LogP contribution in [0.2, 0.25) is 5.28 Å². The summed E-state index contributed by atoms with van der Waals surface area (Å²) in [7, 11) is 1.60. The lowest BCUT2D eigenvalue weighted by atomic mass is 10.2. The minimum atomic E-state index is 0.244. The SMILES string of the molecule is CCCCC/C=C/c1nc(Cl)ncc1OC. The third-order valence-corrected chi connectivity index (χ3v) is 2.41.